The van der Waals surface area contributed by atoms with Crippen LogP contribution in [0.25, 0.3) is 0 Å². The van der Waals surface area contributed by atoms with E-state index >= 15 is 0 Å². The topological polar surface area (TPSA) is 0 Å². The highest BCUT2D eigenvalue weighted by atomic mass is 79.9. The van der Waals surface area contributed by atoms with Crippen molar-refractivity contribution in [3.63, 3.8) is 0 Å². The molecule has 0 aliphatic rings. The van der Waals surface area contributed by atoms with Gasteiger partial charge in [0.2, 0.25) is 0 Å². The van der Waals surface area contributed by atoms with Gasteiger partial charge in [0.1, 0.15) is 0 Å². The Hall–Kier alpha value is 1.25. The Morgan fingerprint density at radius 3 is 1.22 bits per heavy atom. The summed E-state index contributed by atoms with van der Waals surface area (Å²) in [5.74, 6) is 0. The molecule has 0 saturated carbocycles. The van der Waals surface area contributed by atoms with Crippen molar-refractivity contribution in [1.82, 2.24) is 0 Å². The van der Waals surface area contributed by atoms with Crippen LogP contribution in [0.4, 0.5) is 0 Å². The van der Waals surface area contributed by atoms with E-state index in [0.29, 0.717) is 4.32 Å². The molecule has 0 nitrogen and oxygen atoms in total. The van der Waals surface area contributed by atoms with Gasteiger partial charge < -0.3 is 0 Å². The summed E-state index contributed by atoms with van der Waals surface area (Å²) in [7, 11) is 0. The van der Waals surface area contributed by atoms with E-state index in [1.165, 1.54) is 19.3 Å². The first-order chi connectivity index (χ1) is 3.68. The Kier molecular flexibility index (Phi) is 8.57. The van der Waals surface area contributed by atoms with Gasteiger partial charge in [-0.05, 0) is 19.3 Å². The third kappa shape index (κ3) is 4.62. The zero-order chi connectivity index (χ0) is 6.62. The molecule has 0 spiro atoms. The molecule has 0 aromatic rings. The summed E-state index contributed by atoms with van der Waals surface area (Å²) >= 11 is 3.68. The molecule has 0 bridgehead atoms. The van der Waals surface area contributed by atoms with Crippen LogP contribution >= 0.6 is 15.9 Å². The van der Waals surface area contributed by atoms with Crippen molar-refractivity contribution < 1.29 is 0 Å². The molecule has 0 radical (unpaired) electrons. The van der Waals surface area contributed by atoms with Crippen LogP contribution in [-0.4, -0.2) is 27.4 Å². The first-order valence-electron chi connectivity index (χ1n) is 3.37. The van der Waals surface area contributed by atoms with E-state index in [4.69, 9.17) is 0 Å². The first kappa shape index (κ1) is 12.9. The van der Waals surface area contributed by atoms with Crippen molar-refractivity contribution in [2.24, 2.45) is 0 Å². The fraction of sp³-hybridized carbons (Fsp3) is 1.00. The molecule has 0 aromatic carbocycles. The highest BCUT2D eigenvalue weighted by molar-refractivity contribution is 9.10. The average molecular weight is 205 g/mol. The molecule has 0 fully saturated rings. The summed E-state index contributed by atoms with van der Waals surface area (Å²) in [5, 5.41) is 0. The minimum absolute atomic E-state index is 0. The van der Waals surface area contributed by atoms with Gasteiger partial charge in [0.15, 0.2) is 0 Å². The molecular weight excluding hydrogens is 188 g/mol. The molecule has 0 rings (SSSR count). The lowest BCUT2D eigenvalue weighted by Gasteiger charge is -2.21. The minimum atomic E-state index is 0. The van der Waals surface area contributed by atoms with Crippen LogP contribution in [-0.2, 0) is 0 Å². The third-order valence-electron chi connectivity index (χ3n) is 1.90. The largest absolute Gasteiger partial charge is 0.316 e. The van der Waals surface area contributed by atoms with Crippen LogP contribution in [0.3, 0.4) is 0 Å². The molecular formula is C7H17BrMg. The van der Waals surface area contributed by atoms with Crippen molar-refractivity contribution in [3.05, 3.63) is 0 Å². The fourth-order valence-electron chi connectivity index (χ4n) is 0.750. The molecule has 0 atom stereocenters. The molecule has 0 amide bonds. The van der Waals surface area contributed by atoms with Crippen molar-refractivity contribution in [3.8, 4) is 0 Å². The highest BCUT2D eigenvalue weighted by Gasteiger charge is 2.17. The lowest BCUT2D eigenvalue weighted by molar-refractivity contribution is 0.544. The van der Waals surface area contributed by atoms with Crippen molar-refractivity contribution >= 4 is 39.0 Å². The summed E-state index contributed by atoms with van der Waals surface area (Å²) in [6.45, 7) is 6.67. The maximum absolute atomic E-state index is 3.68. The normalized spacial score (nSPS) is 10.7. The number of hydrogen-bond donors (Lipinski definition) is 0. The highest BCUT2D eigenvalue weighted by Crippen LogP contribution is 2.29. The van der Waals surface area contributed by atoms with Gasteiger partial charge in [0.25, 0.3) is 0 Å². The van der Waals surface area contributed by atoms with Crippen molar-refractivity contribution in [2.75, 3.05) is 0 Å². The molecule has 0 unspecified atom stereocenters. The van der Waals surface area contributed by atoms with E-state index in [2.05, 4.69) is 36.7 Å². The van der Waals surface area contributed by atoms with Gasteiger partial charge in [-0.2, -0.15) is 0 Å². The predicted molar refractivity (Wildman–Crippen MR) is 51.1 cm³/mol. The Balaban J connectivity index is 0. The molecule has 54 valence electrons. The smallest absolute Gasteiger partial charge is 0.0854 e. The van der Waals surface area contributed by atoms with E-state index in [1.807, 2.05) is 0 Å². The Bertz CT molecular complexity index is 51.7. The van der Waals surface area contributed by atoms with E-state index in [9.17, 15) is 0 Å². The van der Waals surface area contributed by atoms with Crippen molar-refractivity contribution in [1.29, 1.82) is 0 Å². The molecule has 0 saturated heterocycles. The second-order valence-electron chi connectivity index (χ2n) is 2.21. The van der Waals surface area contributed by atoms with Crippen LogP contribution < -0.4 is 0 Å². The van der Waals surface area contributed by atoms with Crippen molar-refractivity contribution in [2.45, 2.75) is 44.4 Å². The fourth-order valence-corrected chi connectivity index (χ4v) is 0.750. The molecule has 0 aliphatic heterocycles. The van der Waals surface area contributed by atoms with Crippen LogP contribution in [0.1, 0.15) is 40.0 Å². The lowest BCUT2D eigenvalue weighted by Crippen LogP contribution is -2.15. The zero-order valence-electron chi connectivity index (χ0n) is 6.00. The Morgan fingerprint density at radius 1 is 1.00 bits per heavy atom. The van der Waals surface area contributed by atoms with E-state index < -0.39 is 0 Å². The van der Waals surface area contributed by atoms with E-state index in [0.717, 1.165) is 0 Å². The SMILES string of the molecule is CCC(Br)(CC)CC.[MgH2]. The molecule has 0 aliphatic carbocycles. The lowest BCUT2D eigenvalue weighted by atomic mass is 10.0. The van der Waals surface area contributed by atoms with Gasteiger partial charge in [0.05, 0.1) is 0 Å². The van der Waals surface area contributed by atoms with E-state index in [-0.39, 0.29) is 23.1 Å². The molecule has 9 heavy (non-hydrogen) atoms. The Morgan fingerprint density at radius 2 is 1.22 bits per heavy atom. The van der Waals surface area contributed by atoms with Gasteiger partial charge in [-0.25, -0.2) is 0 Å². The second-order valence-corrected chi connectivity index (χ2v) is 3.89. The number of halogens is 1. The summed E-state index contributed by atoms with van der Waals surface area (Å²) in [5.41, 5.74) is 0. The predicted octanol–water partition coefficient (Wildman–Crippen LogP) is 2.43. The Labute approximate surface area is 83.1 Å². The summed E-state index contributed by atoms with van der Waals surface area (Å²) in [6, 6.07) is 0. The van der Waals surface area contributed by atoms with E-state index in [1.54, 1.807) is 0 Å². The third-order valence-corrected chi connectivity index (χ3v) is 3.58. The second kappa shape index (κ2) is 5.99. The molecule has 0 aromatic heterocycles. The maximum atomic E-state index is 3.68. The standard InChI is InChI=1S/C7H15Br.Mg.2H/c1-4-7(8,5-2)6-3;;;/h4-6H2,1-3H3;;;. The van der Waals surface area contributed by atoms with Crippen LogP contribution in [0.15, 0.2) is 0 Å². The van der Waals surface area contributed by atoms with Gasteiger partial charge in [-0.15, -0.1) is 0 Å². The summed E-state index contributed by atoms with van der Waals surface area (Å²) < 4.78 is 0.438. The molecule has 0 heterocycles. The number of rotatable bonds is 3. The minimum Gasteiger partial charge on any atom is -0.0854 e. The summed E-state index contributed by atoms with van der Waals surface area (Å²) in [4.78, 5) is 0. The van der Waals surface area contributed by atoms with Gasteiger partial charge in [-0.1, -0.05) is 36.7 Å². The number of alkyl halides is 1. The van der Waals surface area contributed by atoms with Crippen LogP contribution in [0, 0.1) is 0 Å². The quantitative estimate of drug-likeness (QED) is 0.490. The molecule has 2 heteroatoms. The van der Waals surface area contributed by atoms with Gasteiger partial charge in [-0.3, -0.25) is 0 Å². The molecule has 0 N–H and O–H groups in total. The maximum Gasteiger partial charge on any atom is 0.316 e. The first-order valence-corrected chi connectivity index (χ1v) is 4.16. The van der Waals surface area contributed by atoms with Crippen LogP contribution in [0.5, 0.6) is 0 Å². The summed E-state index contributed by atoms with van der Waals surface area (Å²) in [6.07, 6.45) is 3.71. The zero-order valence-corrected chi connectivity index (χ0v) is 7.59. The van der Waals surface area contributed by atoms with Gasteiger partial charge in [0, 0.05) is 4.32 Å². The van der Waals surface area contributed by atoms with Crippen LogP contribution in [0.2, 0.25) is 0 Å². The van der Waals surface area contributed by atoms with Gasteiger partial charge >= 0.3 is 23.1 Å². The average Bonchev–Trinajstić information content (AvgIpc) is 1.87. The number of hydrogen-bond acceptors (Lipinski definition) is 0. The monoisotopic (exact) mass is 204 g/mol.